The van der Waals surface area contributed by atoms with Gasteiger partial charge in [0.2, 0.25) is 5.91 Å². The molecule has 21 heavy (non-hydrogen) atoms. The molecule has 0 saturated carbocycles. The van der Waals surface area contributed by atoms with Crippen LogP contribution in [-0.2, 0) is 9.59 Å². The van der Waals surface area contributed by atoms with Crippen molar-refractivity contribution in [3.8, 4) is 0 Å². The van der Waals surface area contributed by atoms with Gasteiger partial charge in [0, 0.05) is 0 Å². The maximum atomic E-state index is 12.0. The molecule has 4 N–H and O–H groups in total. The molecule has 1 heterocycles. The molecule has 114 valence electrons. The van der Waals surface area contributed by atoms with Crippen LogP contribution in [0.5, 0.6) is 0 Å². The van der Waals surface area contributed by atoms with Crippen LogP contribution in [0.1, 0.15) is 6.42 Å². The molecule has 7 heteroatoms. The second-order valence-electron chi connectivity index (χ2n) is 5.13. The lowest BCUT2D eigenvalue weighted by atomic mass is 10.1. The summed E-state index contributed by atoms with van der Waals surface area (Å²) in [7, 11) is 0. The van der Waals surface area contributed by atoms with Crippen LogP contribution in [0.25, 0.3) is 0 Å². The van der Waals surface area contributed by atoms with E-state index in [-0.39, 0.29) is 12.3 Å². The fourth-order valence-corrected chi connectivity index (χ4v) is 2.72. The molecule has 0 bridgehead atoms. The van der Waals surface area contributed by atoms with E-state index in [1.54, 1.807) is 24.3 Å². The highest BCUT2D eigenvalue weighted by molar-refractivity contribution is 6.33. The minimum Gasteiger partial charge on any atom is -0.544 e. The molecule has 1 aliphatic rings. The topological polar surface area (TPSA) is 90.3 Å². The number of anilines is 1. The molecule has 1 fully saturated rings. The van der Waals surface area contributed by atoms with Gasteiger partial charge in [0.25, 0.3) is 0 Å². The molecule has 1 aromatic carbocycles. The fraction of sp³-hybridized carbons (Fsp3) is 0.429. The first-order valence-electron chi connectivity index (χ1n) is 6.99. The first-order chi connectivity index (χ1) is 10.1. The second-order valence-corrected chi connectivity index (χ2v) is 5.54. The lowest BCUT2D eigenvalue weighted by Crippen LogP contribution is -3.24. The van der Waals surface area contributed by atoms with Crippen LogP contribution in [0.4, 0.5) is 5.69 Å². The minimum absolute atomic E-state index is 0.108. The molecule has 0 aromatic heterocycles. The largest absolute Gasteiger partial charge is 0.544 e. The fourth-order valence-electron chi connectivity index (χ4n) is 2.54. The monoisotopic (exact) mass is 312 g/mol. The zero-order chi connectivity index (χ0) is 15.2. The van der Waals surface area contributed by atoms with E-state index in [9.17, 15) is 14.7 Å². The van der Waals surface area contributed by atoms with Crippen molar-refractivity contribution in [3.05, 3.63) is 29.3 Å². The number of carboxylic acids is 1. The Balaban J connectivity index is 1.98. The number of hydrogen-bond acceptors (Lipinski definition) is 3. The Bertz CT molecular complexity index is 518. The Hall–Kier alpha value is -1.63. The SMILES string of the molecule is O=C(C[C@@H](C(=O)[O-])[NH+]1CC[NH2+]CC1)Nc1ccccc1Cl. The van der Waals surface area contributed by atoms with Gasteiger partial charge in [0.05, 0.1) is 23.1 Å². The van der Waals surface area contributed by atoms with E-state index in [0.29, 0.717) is 10.7 Å². The number of rotatable bonds is 5. The smallest absolute Gasteiger partial charge is 0.230 e. The number of carboxylic acid groups (broad SMARTS) is 1. The number of nitrogens with one attached hydrogen (secondary N) is 2. The highest BCUT2D eigenvalue weighted by Crippen LogP contribution is 2.20. The first kappa shape index (κ1) is 15.8. The first-order valence-corrected chi connectivity index (χ1v) is 7.37. The molecule has 2 rings (SSSR count). The summed E-state index contributed by atoms with van der Waals surface area (Å²) < 4.78 is 0. The Kier molecular flexibility index (Phi) is 5.55. The summed E-state index contributed by atoms with van der Waals surface area (Å²) in [6, 6.07) is 6.04. The number of nitrogens with two attached hydrogens (primary N) is 1. The third-order valence-corrected chi connectivity index (χ3v) is 3.98. The molecule has 1 atom stereocenters. The predicted molar refractivity (Wildman–Crippen MR) is 75.8 cm³/mol. The Labute approximate surface area is 128 Å². The van der Waals surface area contributed by atoms with Gasteiger partial charge < -0.3 is 25.4 Å². The van der Waals surface area contributed by atoms with Crippen molar-refractivity contribution in [2.24, 2.45) is 0 Å². The van der Waals surface area contributed by atoms with Crippen LogP contribution < -0.4 is 20.6 Å². The normalized spacial score (nSPS) is 17.2. The Morgan fingerprint density at radius 2 is 2.00 bits per heavy atom. The number of piperazine rings is 1. The summed E-state index contributed by atoms with van der Waals surface area (Å²) in [6.45, 7) is 3.17. The van der Waals surface area contributed by atoms with E-state index in [1.165, 1.54) is 0 Å². The van der Waals surface area contributed by atoms with Gasteiger partial charge in [-0.1, -0.05) is 23.7 Å². The lowest BCUT2D eigenvalue weighted by molar-refractivity contribution is -0.961. The van der Waals surface area contributed by atoms with Gasteiger partial charge in [-0.2, -0.15) is 0 Å². The van der Waals surface area contributed by atoms with Crippen LogP contribution in [0.2, 0.25) is 5.02 Å². The van der Waals surface area contributed by atoms with E-state index in [1.807, 2.05) is 0 Å². The average Bonchev–Trinajstić information content (AvgIpc) is 2.48. The highest BCUT2D eigenvalue weighted by Gasteiger charge is 2.29. The van der Waals surface area contributed by atoms with Crippen molar-refractivity contribution in [1.29, 1.82) is 0 Å². The third-order valence-electron chi connectivity index (χ3n) is 3.65. The number of carbonyl (C=O) groups is 2. The number of para-hydroxylation sites is 1. The van der Waals surface area contributed by atoms with Crippen molar-refractivity contribution in [3.63, 3.8) is 0 Å². The molecule has 1 aromatic rings. The molecule has 1 aliphatic heterocycles. The molecule has 6 nitrogen and oxygen atoms in total. The Morgan fingerprint density at radius 3 is 2.62 bits per heavy atom. The van der Waals surface area contributed by atoms with Crippen molar-refractivity contribution < 1.29 is 24.9 Å². The summed E-state index contributed by atoms with van der Waals surface area (Å²) in [5.74, 6) is -1.54. The van der Waals surface area contributed by atoms with Gasteiger partial charge in [-0.3, -0.25) is 4.79 Å². The van der Waals surface area contributed by atoms with Gasteiger partial charge in [0.1, 0.15) is 32.2 Å². The maximum Gasteiger partial charge on any atom is 0.230 e. The third kappa shape index (κ3) is 4.42. The molecular weight excluding hydrogens is 294 g/mol. The van der Waals surface area contributed by atoms with E-state index < -0.39 is 12.0 Å². The van der Waals surface area contributed by atoms with Crippen LogP contribution in [0, 0.1) is 0 Å². The summed E-state index contributed by atoms with van der Waals surface area (Å²) in [6.07, 6.45) is -0.108. The molecule has 0 radical (unpaired) electrons. The van der Waals surface area contributed by atoms with Gasteiger partial charge >= 0.3 is 0 Å². The second kappa shape index (κ2) is 7.40. The van der Waals surface area contributed by atoms with Crippen LogP contribution >= 0.6 is 11.6 Å². The molecule has 0 aliphatic carbocycles. The van der Waals surface area contributed by atoms with E-state index >= 15 is 0 Å². The predicted octanol–water partition coefficient (Wildman–Crippen LogP) is -2.75. The van der Waals surface area contributed by atoms with Crippen molar-refractivity contribution in [2.75, 3.05) is 31.5 Å². The molecule has 1 saturated heterocycles. The number of carbonyl (C=O) groups excluding carboxylic acids is 2. The summed E-state index contributed by atoms with van der Waals surface area (Å²) in [4.78, 5) is 24.2. The number of aliphatic carboxylic acids is 1. The van der Waals surface area contributed by atoms with Gasteiger partial charge in [0.15, 0.2) is 0 Å². The minimum atomic E-state index is -1.18. The lowest BCUT2D eigenvalue weighted by Gasteiger charge is -2.30. The zero-order valence-electron chi connectivity index (χ0n) is 11.6. The zero-order valence-corrected chi connectivity index (χ0v) is 12.4. The number of quaternary nitrogens is 2. The summed E-state index contributed by atoms with van der Waals surface area (Å²) in [5.41, 5.74) is 0.489. The number of amides is 1. The molecular formula is C14H19ClN3O3+. The molecule has 0 spiro atoms. The van der Waals surface area contributed by atoms with E-state index in [0.717, 1.165) is 31.1 Å². The maximum absolute atomic E-state index is 12.0. The number of hydrogen-bond donors (Lipinski definition) is 3. The molecule has 1 amide bonds. The van der Waals surface area contributed by atoms with E-state index in [2.05, 4.69) is 10.6 Å². The standard InChI is InChI=1S/C14H18ClN3O3/c15-10-3-1-2-4-11(10)17-13(19)9-12(14(20)21)18-7-5-16-6-8-18/h1-4,12,16H,5-9H2,(H,17,19)(H,20,21)/p+1/t12-/m0/s1. The van der Waals surface area contributed by atoms with E-state index in [4.69, 9.17) is 11.6 Å². The van der Waals surface area contributed by atoms with Crippen molar-refractivity contribution in [1.82, 2.24) is 0 Å². The summed E-state index contributed by atoms with van der Waals surface area (Å²) in [5, 5.41) is 16.5. The van der Waals surface area contributed by atoms with Crippen LogP contribution in [0.15, 0.2) is 24.3 Å². The van der Waals surface area contributed by atoms with Crippen LogP contribution in [-0.4, -0.2) is 44.1 Å². The summed E-state index contributed by atoms with van der Waals surface area (Å²) >= 11 is 5.96. The van der Waals surface area contributed by atoms with Gasteiger partial charge in [-0.05, 0) is 12.1 Å². The van der Waals surface area contributed by atoms with Gasteiger partial charge in [-0.25, -0.2) is 0 Å². The highest BCUT2D eigenvalue weighted by atomic mass is 35.5. The van der Waals surface area contributed by atoms with Crippen LogP contribution in [0.3, 0.4) is 0 Å². The number of benzene rings is 1. The van der Waals surface area contributed by atoms with Crippen molar-refractivity contribution >= 4 is 29.2 Å². The van der Waals surface area contributed by atoms with Crippen molar-refractivity contribution in [2.45, 2.75) is 12.5 Å². The number of halogens is 1. The Morgan fingerprint density at radius 1 is 1.33 bits per heavy atom. The average molecular weight is 313 g/mol. The van der Waals surface area contributed by atoms with Gasteiger partial charge in [-0.15, -0.1) is 0 Å². The molecule has 0 unspecified atom stereocenters. The quantitative estimate of drug-likeness (QED) is 0.550.